The molecule has 0 spiro atoms. The van der Waals surface area contributed by atoms with E-state index >= 15 is 0 Å². The number of amides is 1. The zero-order valence-electron chi connectivity index (χ0n) is 17.8. The van der Waals surface area contributed by atoms with Gasteiger partial charge in [-0.15, -0.1) is 0 Å². The summed E-state index contributed by atoms with van der Waals surface area (Å²) in [6, 6.07) is 17.0. The molecule has 1 aliphatic heterocycles. The SMILES string of the molecule is COc1ccccc1N(CC(=O)NN=C1CCN(Cc2ccccc2)CC1)S(C)(=O)=O. The second-order valence-electron chi connectivity index (χ2n) is 7.42. The molecule has 9 heteroatoms. The zero-order valence-corrected chi connectivity index (χ0v) is 18.6. The molecule has 1 amide bonds. The van der Waals surface area contributed by atoms with Crippen LogP contribution in [-0.2, 0) is 21.4 Å². The van der Waals surface area contributed by atoms with Crippen LogP contribution in [0.5, 0.6) is 5.75 Å². The monoisotopic (exact) mass is 444 g/mol. The fourth-order valence-electron chi connectivity index (χ4n) is 3.45. The summed E-state index contributed by atoms with van der Waals surface area (Å²) in [5.41, 5.74) is 5.00. The molecular formula is C22H28N4O4S. The molecule has 2 aromatic carbocycles. The normalized spacial score (nSPS) is 14.7. The number of nitrogens with zero attached hydrogens (tertiary/aromatic N) is 3. The van der Waals surface area contributed by atoms with Crippen molar-refractivity contribution in [3.63, 3.8) is 0 Å². The Morgan fingerprint density at radius 1 is 1.10 bits per heavy atom. The van der Waals surface area contributed by atoms with Gasteiger partial charge in [0.25, 0.3) is 5.91 Å². The van der Waals surface area contributed by atoms with Crippen molar-refractivity contribution in [1.82, 2.24) is 10.3 Å². The second-order valence-corrected chi connectivity index (χ2v) is 9.32. The van der Waals surface area contributed by atoms with E-state index < -0.39 is 15.9 Å². The first-order valence-corrected chi connectivity index (χ1v) is 11.9. The summed E-state index contributed by atoms with van der Waals surface area (Å²) in [4.78, 5) is 14.8. The van der Waals surface area contributed by atoms with E-state index in [9.17, 15) is 13.2 Å². The second kappa shape index (κ2) is 10.4. The Balaban J connectivity index is 1.56. The van der Waals surface area contributed by atoms with Crippen LogP contribution in [0, 0.1) is 0 Å². The number of hydrazone groups is 1. The fourth-order valence-corrected chi connectivity index (χ4v) is 4.31. The van der Waals surface area contributed by atoms with E-state index in [1.807, 2.05) is 18.2 Å². The number of hydrogen-bond donors (Lipinski definition) is 1. The molecule has 1 fully saturated rings. The first kappa shape index (κ1) is 22.8. The van der Waals surface area contributed by atoms with Crippen LogP contribution in [0.4, 0.5) is 5.69 Å². The smallest absolute Gasteiger partial charge is 0.260 e. The van der Waals surface area contributed by atoms with Gasteiger partial charge in [0.2, 0.25) is 10.0 Å². The predicted molar refractivity (Wildman–Crippen MR) is 122 cm³/mol. The Hall–Kier alpha value is -2.91. The molecule has 1 saturated heterocycles. The molecule has 8 nitrogen and oxygen atoms in total. The van der Waals surface area contributed by atoms with Crippen LogP contribution in [0.15, 0.2) is 59.7 Å². The highest BCUT2D eigenvalue weighted by molar-refractivity contribution is 7.92. The maximum atomic E-state index is 12.4. The summed E-state index contributed by atoms with van der Waals surface area (Å²) in [6.45, 7) is 2.24. The lowest BCUT2D eigenvalue weighted by atomic mass is 10.1. The third-order valence-corrected chi connectivity index (χ3v) is 6.19. The molecule has 0 unspecified atom stereocenters. The molecule has 1 heterocycles. The maximum Gasteiger partial charge on any atom is 0.260 e. The summed E-state index contributed by atoms with van der Waals surface area (Å²) >= 11 is 0. The van der Waals surface area contributed by atoms with Crippen molar-refractivity contribution < 1.29 is 17.9 Å². The minimum Gasteiger partial charge on any atom is -0.495 e. The third kappa shape index (κ3) is 6.53. The lowest BCUT2D eigenvalue weighted by Crippen LogP contribution is -2.40. The summed E-state index contributed by atoms with van der Waals surface area (Å²) in [6.07, 6.45) is 2.58. The van der Waals surface area contributed by atoms with Crippen molar-refractivity contribution >= 4 is 27.3 Å². The topological polar surface area (TPSA) is 91.3 Å². The van der Waals surface area contributed by atoms with Crippen molar-refractivity contribution in [2.75, 3.05) is 37.3 Å². The largest absolute Gasteiger partial charge is 0.495 e. The van der Waals surface area contributed by atoms with Crippen molar-refractivity contribution in [2.24, 2.45) is 5.10 Å². The van der Waals surface area contributed by atoms with E-state index in [0.29, 0.717) is 11.4 Å². The summed E-state index contributed by atoms with van der Waals surface area (Å²) < 4.78 is 30.8. The number of methoxy groups -OCH3 is 1. The van der Waals surface area contributed by atoms with E-state index in [1.54, 1.807) is 24.3 Å². The van der Waals surface area contributed by atoms with Crippen molar-refractivity contribution in [1.29, 1.82) is 0 Å². The summed E-state index contributed by atoms with van der Waals surface area (Å²) in [5, 5.41) is 4.23. The Labute approximate surface area is 183 Å². The van der Waals surface area contributed by atoms with E-state index in [-0.39, 0.29) is 6.54 Å². The number of nitrogens with one attached hydrogen (secondary N) is 1. The average molecular weight is 445 g/mol. The number of piperidine rings is 1. The van der Waals surface area contributed by atoms with Crippen LogP contribution in [0.2, 0.25) is 0 Å². The van der Waals surface area contributed by atoms with Gasteiger partial charge in [-0.2, -0.15) is 5.10 Å². The van der Waals surface area contributed by atoms with Gasteiger partial charge in [-0.05, 0) is 17.7 Å². The number of ether oxygens (including phenoxy) is 1. The number of carbonyl (C=O) groups excluding carboxylic acids is 1. The Morgan fingerprint density at radius 3 is 2.39 bits per heavy atom. The number of benzene rings is 2. The highest BCUT2D eigenvalue weighted by Gasteiger charge is 2.24. The molecule has 31 heavy (non-hydrogen) atoms. The molecule has 0 radical (unpaired) electrons. The maximum absolute atomic E-state index is 12.4. The third-order valence-electron chi connectivity index (χ3n) is 5.06. The molecule has 166 valence electrons. The van der Waals surface area contributed by atoms with Gasteiger partial charge in [0, 0.05) is 38.2 Å². The standard InChI is InChI=1S/C22H28N4O4S/c1-30-21-11-7-6-10-20(21)26(31(2,28)29)17-22(27)24-23-19-12-14-25(15-13-19)16-18-8-4-3-5-9-18/h3-11H,12-17H2,1-2H3,(H,24,27). The van der Waals surface area contributed by atoms with Gasteiger partial charge in [-0.25, -0.2) is 13.8 Å². The van der Waals surface area contributed by atoms with Gasteiger partial charge >= 0.3 is 0 Å². The van der Waals surface area contributed by atoms with Gasteiger partial charge in [0.05, 0.1) is 19.1 Å². The van der Waals surface area contributed by atoms with Crippen LogP contribution in [0.3, 0.4) is 0 Å². The van der Waals surface area contributed by atoms with Gasteiger partial charge in [-0.1, -0.05) is 42.5 Å². The minimum absolute atomic E-state index is 0.310. The number of hydrogen-bond acceptors (Lipinski definition) is 6. The molecule has 0 saturated carbocycles. The van der Waals surface area contributed by atoms with Gasteiger partial charge in [0.15, 0.2) is 0 Å². The molecule has 1 aliphatic rings. The highest BCUT2D eigenvalue weighted by Crippen LogP contribution is 2.29. The van der Waals surface area contributed by atoms with Crippen LogP contribution in [0.1, 0.15) is 18.4 Å². The first-order chi connectivity index (χ1) is 14.9. The Morgan fingerprint density at radius 2 is 1.74 bits per heavy atom. The molecule has 2 aromatic rings. The Kier molecular flexibility index (Phi) is 7.64. The van der Waals surface area contributed by atoms with E-state index in [1.165, 1.54) is 12.7 Å². The van der Waals surface area contributed by atoms with Crippen LogP contribution >= 0.6 is 0 Å². The Bertz CT molecular complexity index is 1010. The van der Waals surface area contributed by atoms with Gasteiger partial charge in [-0.3, -0.25) is 14.0 Å². The number of rotatable bonds is 8. The summed E-state index contributed by atoms with van der Waals surface area (Å²) in [5.74, 6) is -0.131. The first-order valence-electron chi connectivity index (χ1n) is 10.1. The lowest BCUT2D eigenvalue weighted by Gasteiger charge is -2.27. The van der Waals surface area contributed by atoms with Crippen molar-refractivity contribution in [3.8, 4) is 5.75 Å². The minimum atomic E-state index is -3.69. The zero-order chi connectivity index (χ0) is 22.3. The van der Waals surface area contributed by atoms with Crippen LogP contribution in [0.25, 0.3) is 0 Å². The van der Waals surface area contributed by atoms with Crippen LogP contribution < -0.4 is 14.5 Å². The number of sulfonamides is 1. The summed E-state index contributed by atoms with van der Waals surface area (Å²) in [7, 11) is -2.23. The number of para-hydroxylation sites is 2. The molecule has 0 aliphatic carbocycles. The van der Waals surface area contributed by atoms with E-state index in [0.717, 1.165) is 48.7 Å². The van der Waals surface area contributed by atoms with Gasteiger partial charge in [0.1, 0.15) is 12.3 Å². The van der Waals surface area contributed by atoms with Crippen molar-refractivity contribution in [2.45, 2.75) is 19.4 Å². The molecule has 3 rings (SSSR count). The average Bonchev–Trinajstić information content (AvgIpc) is 2.77. The highest BCUT2D eigenvalue weighted by atomic mass is 32.2. The lowest BCUT2D eigenvalue weighted by molar-refractivity contribution is -0.119. The van der Waals surface area contributed by atoms with E-state index in [4.69, 9.17) is 4.74 Å². The number of likely N-dealkylation sites (tertiary alicyclic amines) is 1. The predicted octanol–water partition coefficient (Wildman–Crippen LogP) is 2.23. The molecule has 1 N–H and O–H groups in total. The molecule has 0 aromatic heterocycles. The fraction of sp³-hybridized carbons (Fsp3) is 0.364. The quantitative estimate of drug-likeness (QED) is 0.631. The molecule has 0 atom stereocenters. The van der Waals surface area contributed by atoms with Gasteiger partial charge < -0.3 is 4.74 Å². The van der Waals surface area contributed by atoms with E-state index in [2.05, 4.69) is 27.6 Å². The van der Waals surface area contributed by atoms with Crippen molar-refractivity contribution in [3.05, 3.63) is 60.2 Å². The number of anilines is 1. The van der Waals surface area contributed by atoms with Crippen LogP contribution in [-0.4, -0.2) is 57.9 Å². The molecule has 0 bridgehead atoms. The number of carbonyl (C=O) groups is 1. The molecular weight excluding hydrogens is 416 g/mol.